The van der Waals surface area contributed by atoms with E-state index in [2.05, 4.69) is 252 Å². The maximum atomic E-state index is 2.53. The van der Waals surface area contributed by atoms with Gasteiger partial charge in [-0.05, 0) is 93.5 Å². The molecule has 1 aliphatic heterocycles. The molecule has 0 saturated heterocycles. The minimum absolute atomic E-state index is 0.578. The Hall–Kier alpha value is -7.98. The number of nitrogens with zero attached hydrogens (tertiary/aromatic N) is 2. The number of fused-ring (bicyclic) bond motifs is 12. The van der Waals surface area contributed by atoms with Crippen LogP contribution in [0.2, 0.25) is 0 Å². The second-order valence-electron chi connectivity index (χ2n) is 16.7. The molecule has 0 N–H and O–H groups in total. The van der Waals surface area contributed by atoms with Crippen LogP contribution in [-0.2, 0) is 5.41 Å². The van der Waals surface area contributed by atoms with Gasteiger partial charge in [0.05, 0.1) is 28.2 Å². The van der Waals surface area contributed by atoms with Crippen LogP contribution in [0.3, 0.4) is 0 Å². The highest BCUT2D eigenvalue weighted by atomic mass is 32.1. The molecule has 0 saturated carbocycles. The number of rotatable bonds is 6. The zero-order valence-electron chi connectivity index (χ0n) is 34.9. The van der Waals surface area contributed by atoms with Crippen molar-refractivity contribution in [3.8, 4) is 33.4 Å². The highest BCUT2D eigenvalue weighted by molar-refractivity contribution is 7.26. The third-order valence-electron chi connectivity index (χ3n) is 13.5. The number of hydrogen-bond donors (Lipinski definition) is 0. The molecule has 1 aliphatic carbocycles. The van der Waals surface area contributed by atoms with Crippen molar-refractivity contribution in [1.82, 2.24) is 0 Å². The van der Waals surface area contributed by atoms with Crippen LogP contribution in [0.5, 0.6) is 0 Å². The molecule has 11 aromatic rings. The first kappa shape index (κ1) is 36.7. The van der Waals surface area contributed by atoms with Crippen LogP contribution in [0.25, 0.3) is 53.6 Å². The molecule has 300 valence electrons. The number of thiophene rings is 1. The van der Waals surface area contributed by atoms with Crippen molar-refractivity contribution in [1.29, 1.82) is 0 Å². The Balaban J connectivity index is 1.10. The lowest BCUT2D eigenvalue weighted by molar-refractivity contribution is 0.752. The lowest BCUT2D eigenvalue weighted by atomic mass is 9.64. The Kier molecular flexibility index (Phi) is 8.34. The summed E-state index contributed by atoms with van der Waals surface area (Å²) in [4.78, 5) is 4.98. The van der Waals surface area contributed by atoms with Crippen molar-refractivity contribution in [3.63, 3.8) is 0 Å². The summed E-state index contributed by atoms with van der Waals surface area (Å²) in [6.07, 6.45) is 0. The Bertz CT molecular complexity index is 3520. The number of benzene rings is 10. The van der Waals surface area contributed by atoms with Crippen molar-refractivity contribution in [2.75, 3.05) is 9.80 Å². The lowest BCUT2D eigenvalue weighted by Gasteiger charge is -2.45. The Morgan fingerprint density at radius 2 is 0.891 bits per heavy atom. The molecule has 0 amide bonds. The fourth-order valence-electron chi connectivity index (χ4n) is 10.9. The van der Waals surface area contributed by atoms with Crippen molar-refractivity contribution >= 4 is 65.6 Å². The van der Waals surface area contributed by atoms with Gasteiger partial charge in [-0.3, -0.25) is 0 Å². The van der Waals surface area contributed by atoms with Gasteiger partial charge in [0, 0.05) is 48.2 Å². The van der Waals surface area contributed by atoms with Gasteiger partial charge >= 0.3 is 0 Å². The van der Waals surface area contributed by atoms with Crippen molar-refractivity contribution in [2.45, 2.75) is 5.41 Å². The van der Waals surface area contributed by atoms with E-state index >= 15 is 0 Å². The fourth-order valence-corrected chi connectivity index (χ4v) is 12.1. The first-order valence-electron chi connectivity index (χ1n) is 22.0. The minimum Gasteiger partial charge on any atom is -0.310 e. The van der Waals surface area contributed by atoms with E-state index in [0.29, 0.717) is 0 Å². The Labute approximate surface area is 377 Å². The van der Waals surface area contributed by atoms with E-state index in [1.165, 1.54) is 87.2 Å². The van der Waals surface area contributed by atoms with Crippen LogP contribution in [0.4, 0.5) is 34.1 Å². The summed E-state index contributed by atoms with van der Waals surface area (Å²) in [5.74, 6) is 0. The molecule has 1 aromatic heterocycles. The number of para-hydroxylation sites is 4. The number of anilines is 6. The van der Waals surface area contributed by atoms with Gasteiger partial charge in [0.15, 0.2) is 0 Å². The third kappa shape index (κ3) is 5.32. The van der Waals surface area contributed by atoms with Crippen LogP contribution in [-0.4, -0.2) is 0 Å². The van der Waals surface area contributed by atoms with Crippen molar-refractivity contribution in [3.05, 3.63) is 265 Å². The molecule has 1 spiro atoms. The van der Waals surface area contributed by atoms with Gasteiger partial charge in [-0.2, -0.15) is 0 Å². The maximum Gasteiger partial charge on any atom is 0.0755 e. The van der Waals surface area contributed by atoms with Gasteiger partial charge in [0.25, 0.3) is 0 Å². The molecule has 10 aromatic carbocycles. The average Bonchev–Trinajstić information content (AvgIpc) is 3.90. The third-order valence-corrected chi connectivity index (χ3v) is 14.7. The normalized spacial score (nSPS) is 13.1. The first-order valence-corrected chi connectivity index (χ1v) is 22.8. The molecule has 0 atom stereocenters. The van der Waals surface area contributed by atoms with Crippen LogP contribution in [0.15, 0.2) is 243 Å². The molecule has 0 fully saturated rings. The van der Waals surface area contributed by atoms with Crippen LogP contribution in [0.1, 0.15) is 22.3 Å². The van der Waals surface area contributed by atoms with E-state index < -0.39 is 5.41 Å². The van der Waals surface area contributed by atoms with E-state index in [-0.39, 0.29) is 0 Å². The number of hydrogen-bond acceptors (Lipinski definition) is 3. The molecule has 3 heteroatoms. The summed E-state index contributed by atoms with van der Waals surface area (Å²) in [5.41, 5.74) is 18.8. The zero-order chi connectivity index (χ0) is 42.2. The molecule has 0 bridgehead atoms. The monoisotopic (exact) mass is 832 g/mol. The van der Waals surface area contributed by atoms with Crippen LogP contribution < -0.4 is 9.80 Å². The van der Waals surface area contributed by atoms with Gasteiger partial charge in [0.1, 0.15) is 0 Å². The molecular weight excluding hydrogens is 793 g/mol. The quantitative estimate of drug-likeness (QED) is 0.165. The van der Waals surface area contributed by atoms with E-state index in [0.717, 1.165) is 22.7 Å². The summed E-state index contributed by atoms with van der Waals surface area (Å²) in [5, 5.41) is 2.60. The molecule has 0 unspecified atom stereocenters. The molecule has 2 nitrogen and oxygen atoms in total. The predicted molar refractivity (Wildman–Crippen MR) is 270 cm³/mol. The summed E-state index contributed by atoms with van der Waals surface area (Å²) in [6, 6.07) is 89.6. The molecule has 0 radical (unpaired) electrons. The fraction of sp³-hybridized carbons (Fsp3) is 0.0164. The van der Waals surface area contributed by atoms with E-state index in [1.807, 2.05) is 11.3 Å². The highest BCUT2D eigenvalue weighted by Gasteiger charge is 2.52. The van der Waals surface area contributed by atoms with Gasteiger partial charge in [-0.1, -0.05) is 188 Å². The summed E-state index contributed by atoms with van der Waals surface area (Å²) < 4.78 is 2.61. The van der Waals surface area contributed by atoms with Gasteiger partial charge in [-0.25, -0.2) is 0 Å². The van der Waals surface area contributed by atoms with E-state index in [1.54, 1.807) is 0 Å². The van der Waals surface area contributed by atoms with Crippen molar-refractivity contribution < 1.29 is 0 Å². The molecule has 2 aliphatic rings. The standard InChI is InChI=1S/C61H40N2S/c1-3-19-41(20-4-1)42-37-39-44(40-38-42)62(54-32-13-8-23-45(54)47-26-17-27-48-46-24-9-16-36-58(46)64-60(47)48)57-35-18-31-53-59(57)49-25-7-10-28-50(49)61(53)51-29-11-14-33-55(51)63(43-21-5-2-6-22-43)56-34-15-12-30-52(56)61/h1-40H. The van der Waals surface area contributed by atoms with Gasteiger partial charge in [-0.15, -0.1) is 11.3 Å². The largest absolute Gasteiger partial charge is 0.310 e. The maximum absolute atomic E-state index is 2.53. The SMILES string of the molecule is c1ccc(-c2ccc(N(c3ccccc3-c3cccc4c3sc3ccccc34)c3cccc4c3-c3ccccc3C43c4ccccc4N(c4ccccc4)c4ccccc43)cc2)cc1. The predicted octanol–water partition coefficient (Wildman–Crippen LogP) is 17.0. The second-order valence-corrected chi connectivity index (χ2v) is 17.8. The minimum atomic E-state index is -0.578. The molecule has 64 heavy (non-hydrogen) atoms. The molecule has 13 rings (SSSR count). The summed E-state index contributed by atoms with van der Waals surface area (Å²) >= 11 is 1.88. The van der Waals surface area contributed by atoms with Crippen LogP contribution >= 0.6 is 11.3 Å². The Morgan fingerprint density at radius 3 is 1.66 bits per heavy atom. The van der Waals surface area contributed by atoms with E-state index in [4.69, 9.17) is 0 Å². The summed E-state index contributed by atoms with van der Waals surface area (Å²) in [7, 11) is 0. The molecular formula is C61H40N2S. The smallest absolute Gasteiger partial charge is 0.0755 e. The average molecular weight is 833 g/mol. The van der Waals surface area contributed by atoms with Gasteiger partial charge in [0.2, 0.25) is 0 Å². The summed E-state index contributed by atoms with van der Waals surface area (Å²) in [6.45, 7) is 0. The topological polar surface area (TPSA) is 6.48 Å². The molecule has 2 heterocycles. The highest BCUT2D eigenvalue weighted by Crippen LogP contribution is 2.65. The lowest BCUT2D eigenvalue weighted by Crippen LogP contribution is -2.36. The van der Waals surface area contributed by atoms with Crippen molar-refractivity contribution in [2.24, 2.45) is 0 Å². The van der Waals surface area contributed by atoms with E-state index in [9.17, 15) is 0 Å². The zero-order valence-corrected chi connectivity index (χ0v) is 35.7. The second kappa shape index (κ2) is 14.6. The van der Waals surface area contributed by atoms with Gasteiger partial charge < -0.3 is 9.80 Å². The first-order chi connectivity index (χ1) is 31.8. The van der Waals surface area contributed by atoms with Crippen LogP contribution in [0, 0.1) is 0 Å². The Morgan fingerprint density at radius 1 is 0.359 bits per heavy atom.